The fourth-order valence-corrected chi connectivity index (χ4v) is 4.18. The van der Waals surface area contributed by atoms with Crippen LogP contribution < -0.4 is 15.1 Å². The van der Waals surface area contributed by atoms with Crippen LogP contribution in [-0.2, 0) is 11.0 Å². The van der Waals surface area contributed by atoms with E-state index in [1.807, 2.05) is 11.8 Å². The van der Waals surface area contributed by atoms with Crippen molar-refractivity contribution in [2.24, 2.45) is 0 Å². The van der Waals surface area contributed by atoms with Crippen molar-refractivity contribution in [1.29, 1.82) is 0 Å². The second kappa shape index (κ2) is 9.65. The van der Waals surface area contributed by atoms with Crippen LogP contribution in [0.5, 0.6) is 0 Å². The number of carbonyl (C=O) groups excluding carboxylic acids is 1. The van der Waals surface area contributed by atoms with Crippen molar-refractivity contribution >= 4 is 11.6 Å². The number of nitrogens with one attached hydrogen (secondary N) is 2. The second-order valence-electron chi connectivity index (χ2n) is 8.06. The standard InChI is InChI=1S/C22H30F3N3O/c1-17(21(29)26-11-10-18-6-3-2-4-7-18)27-12-14-28(15-13-27)20-9-5-8-19(16-20)22(23,24)25/h5-6,8-9,16-17H,2-4,7,10-15H2,1H3,(H,26,29)/p+1/t17-/m1/s1. The van der Waals surface area contributed by atoms with E-state index in [2.05, 4.69) is 11.4 Å². The predicted octanol–water partition coefficient (Wildman–Crippen LogP) is 2.81. The molecule has 1 aliphatic heterocycles. The molecule has 0 aromatic heterocycles. The van der Waals surface area contributed by atoms with Crippen LogP contribution in [-0.4, -0.2) is 44.7 Å². The Morgan fingerprint density at radius 2 is 2.00 bits per heavy atom. The minimum Gasteiger partial charge on any atom is -0.360 e. The number of hydrogen-bond acceptors (Lipinski definition) is 2. The van der Waals surface area contributed by atoms with Gasteiger partial charge in [-0.05, 0) is 57.2 Å². The molecule has 7 heteroatoms. The Labute approximate surface area is 170 Å². The van der Waals surface area contributed by atoms with Gasteiger partial charge in [-0.2, -0.15) is 13.2 Å². The van der Waals surface area contributed by atoms with E-state index in [4.69, 9.17) is 0 Å². The van der Waals surface area contributed by atoms with Gasteiger partial charge in [0.15, 0.2) is 6.04 Å². The number of anilines is 1. The van der Waals surface area contributed by atoms with Gasteiger partial charge >= 0.3 is 6.18 Å². The Hall–Kier alpha value is -2.02. The average molecular weight is 411 g/mol. The normalized spacial score (nSPS) is 19.6. The molecule has 0 spiro atoms. The molecule has 1 amide bonds. The summed E-state index contributed by atoms with van der Waals surface area (Å²) in [5.41, 5.74) is 1.42. The van der Waals surface area contributed by atoms with Crippen molar-refractivity contribution in [3.05, 3.63) is 41.5 Å². The van der Waals surface area contributed by atoms with Crippen LogP contribution in [0.1, 0.15) is 44.6 Å². The molecule has 1 fully saturated rings. The molecule has 0 saturated carbocycles. The van der Waals surface area contributed by atoms with Gasteiger partial charge < -0.3 is 15.1 Å². The third kappa shape index (κ3) is 5.98. The lowest BCUT2D eigenvalue weighted by atomic mass is 9.97. The molecule has 1 atom stereocenters. The number of halogens is 3. The van der Waals surface area contributed by atoms with E-state index in [0.717, 1.165) is 38.4 Å². The number of quaternary nitrogens is 1. The number of rotatable bonds is 6. The quantitative estimate of drug-likeness (QED) is 0.708. The van der Waals surface area contributed by atoms with Gasteiger partial charge in [-0.3, -0.25) is 4.79 Å². The minimum atomic E-state index is -4.33. The lowest BCUT2D eigenvalue weighted by Crippen LogP contribution is -3.19. The molecule has 160 valence electrons. The van der Waals surface area contributed by atoms with Gasteiger partial charge in [0.05, 0.1) is 31.7 Å². The third-order valence-corrected chi connectivity index (χ3v) is 6.08. The maximum atomic E-state index is 12.9. The Balaban J connectivity index is 1.46. The fourth-order valence-electron chi connectivity index (χ4n) is 4.18. The molecule has 1 heterocycles. The largest absolute Gasteiger partial charge is 0.416 e. The number of allylic oxidation sites excluding steroid dienone is 1. The molecule has 1 aliphatic carbocycles. The number of alkyl halides is 3. The van der Waals surface area contributed by atoms with E-state index in [1.165, 1.54) is 35.4 Å². The SMILES string of the molecule is C[C@H](C(=O)NCCC1=CCCCC1)[NH+]1CCN(c2cccc(C(F)(F)F)c2)CC1. The number of amides is 1. The van der Waals surface area contributed by atoms with Crippen molar-refractivity contribution in [3.8, 4) is 0 Å². The van der Waals surface area contributed by atoms with Crippen molar-refractivity contribution in [2.75, 3.05) is 37.6 Å². The topological polar surface area (TPSA) is 36.8 Å². The Kier molecular flexibility index (Phi) is 7.22. The van der Waals surface area contributed by atoms with E-state index >= 15 is 0 Å². The average Bonchev–Trinajstić information content (AvgIpc) is 2.73. The van der Waals surface area contributed by atoms with Gasteiger partial charge in [-0.25, -0.2) is 0 Å². The number of nitrogens with zero attached hydrogens (tertiary/aromatic N) is 1. The summed E-state index contributed by atoms with van der Waals surface area (Å²) in [5.74, 6) is 0.0592. The van der Waals surface area contributed by atoms with Crippen LogP contribution in [0, 0.1) is 0 Å². The maximum absolute atomic E-state index is 12.9. The minimum absolute atomic E-state index is 0.0592. The van der Waals surface area contributed by atoms with Crippen molar-refractivity contribution in [3.63, 3.8) is 0 Å². The third-order valence-electron chi connectivity index (χ3n) is 6.08. The zero-order chi connectivity index (χ0) is 20.9. The number of hydrogen-bond donors (Lipinski definition) is 2. The van der Waals surface area contributed by atoms with Gasteiger partial charge in [0.1, 0.15) is 0 Å². The number of piperazine rings is 1. The van der Waals surface area contributed by atoms with E-state index in [9.17, 15) is 18.0 Å². The van der Waals surface area contributed by atoms with Crippen LogP contribution >= 0.6 is 0 Å². The van der Waals surface area contributed by atoms with Gasteiger partial charge in [-0.1, -0.05) is 17.7 Å². The Morgan fingerprint density at radius 3 is 2.66 bits per heavy atom. The highest BCUT2D eigenvalue weighted by atomic mass is 19.4. The first-order valence-electron chi connectivity index (χ1n) is 10.6. The Morgan fingerprint density at radius 1 is 1.24 bits per heavy atom. The number of carbonyl (C=O) groups is 1. The van der Waals surface area contributed by atoms with E-state index < -0.39 is 11.7 Å². The van der Waals surface area contributed by atoms with Gasteiger partial charge in [-0.15, -0.1) is 0 Å². The summed E-state index contributed by atoms with van der Waals surface area (Å²) in [7, 11) is 0. The highest BCUT2D eigenvalue weighted by molar-refractivity contribution is 5.79. The molecule has 1 aromatic rings. The van der Waals surface area contributed by atoms with E-state index in [-0.39, 0.29) is 11.9 Å². The van der Waals surface area contributed by atoms with Gasteiger partial charge in [0, 0.05) is 12.2 Å². The van der Waals surface area contributed by atoms with E-state index in [0.29, 0.717) is 25.3 Å². The van der Waals surface area contributed by atoms with Crippen LogP contribution in [0.15, 0.2) is 35.9 Å². The molecule has 0 radical (unpaired) electrons. The van der Waals surface area contributed by atoms with Crippen molar-refractivity contribution in [2.45, 2.75) is 51.2 Å². The molecule has 3 rings (SSSR count). The molecular formula is C22H31F3N3O+. The first-order valence-corrected chi connectivity index (χ1v) is 10.6. The van der Waals surface area contributed by atoms with Crippen molar-refractivity contribution in [1.82, 2.24) is 5.32 Å². The summed E-state index contributed by atoms with van der Waals surface area (Å²) >= 11 is 0. The molecule has 29 heavy (non-hydrogen) atoms. The fraction of sp³-hybridized carbons (Fsp3) is 0.591. The highest BCUT2D eigenvalue weighted by Gasteiger charge is 2.32. The summed E-state index contributed by atoms with van der Waals surface area (Å²) in [6, 6.07) is 5.33. The zero-order valence-electron chi connectivity index (χ0n) is 17.0. The van der Waals surface area contributed by atoms with Crippen LogP contribution in [0.25, 0.3) is 0 Å². The maximum Gasteiger partial charge on any atom is 0.416 e. The zero-order valence-corrected chi connectivity index (χ0v) is 17.0. The molecule has 0 unspecified atom stereocenters. The molecule has 1 saturated heterocycles. The summed E-state index contributed by atoms with van der Waals surface area (Å²) in [4.78, 5) is 15.7. The van der Waals surface area contributed by atoms with Crippen molar-refractivity contribution < 1.29 is 22.9 Å². The molecule has 2 N–H and O–H groups in total. The molecule has 4 nitrogen and oxygen atoms in total. The molecule has 0 bridgehead atoms. The van der Waals surface area contributed by atoms with E-state index in [1.54, 1.807) is 6.07 Å². The van der Waals surface area contributed by atoms with Gasteiger partial charge in [0.25, 0.3) is 5.91 Å². The predicted molar refractivity (Wildman–Crippen MR) is 108 cm³/mol. The van der Waals surface area contributed by atoms with Crippen LogP contribution in [0.4, 0.5) is 18.9 Å². The first kappa shape index (κ1) is 21.7. The molecule has 2 aliphatic rings. The summed E-state index contributed by atoms with van der Waals surface area (Å²) < 4.78 is 38.8. The number of benzene rings is 1. The highest BCUT2D eigenvalue weighted by Crippen LogP contribution is 2.31. The summed E-state index contributed by atoms with van der Waals surface area (Å²) in [5, 5.41) is 3.05. The lowest BCUT2D eigenvalue weighted by molar-refractivity contribution is -0.914. The van der Waals surface area contributed by atoms with Crippen LogP contribution in [0.3, 0.4) is 0 Å². The second-order valence-corrected chi connectivity index (χ2v) is 8.06. The smallest absolute Gasteiger partial charge is 0.360 e. The monoisotopic (exact) mass is 410 g/mol. The molecular weight excluding hydrogens is 379 g/mol. The summed E-state index contributed by atoms with van der Waals surface area (Å²) in [6.07, 6.45) is 3.71. The Bertz CT molecular complexity index is 724. The first-order chi connectivity index (χ1) is 13.8. The van der Waals surface area contributed by atoms with Gasteiger partial charge in [0.2, 0.25) is 0 Å². The molecule has 1 aromatic carbocycles. The summed E-state index contributed by atoms with van der Waals surface area (Å²) in [6.45, 7) is 5.36. The van der Waals surface area contributed by atoms with Crippen LogP contribution in [0.2, 0.25) is 0 Å². The lowest BCUT2D eigenvalue weighted by Gasteiger charge is -2.36.